The van der Waals surface area contributed by atoms with Gasteiger partial charge in [0, 0.05) is 5.39 Å². The van der Waals surface area contributed by atoms with E-state index in [1.165, 1.54) is 24.3 Å². The first-order valence-electron chi connectivity index (χ1n) is 9.25. The van der Waals surface area contributed by atoms with Gasteiger partial charge >= 0.3 is 5.91 Å². The number of amides is 2. The highest BCUT2D eigenvalue weighted by Crippen LogP contribution is 2.18. The summed E-state index contributed by atoms with van der Waals surface area (Å²) in [6, 6.07) is 21.3. The minimum atomic E-state index is -3.61. The lowest BCUT2D eigenvalue weighted by atomic mass is 10.2. The maximum absolute atomic E-state index is 12.4. The molecule has 0 spiro atoms. The fourth-order valence-corrected chi connectivity index (χ4v) is 4.18. The van der Waals surface area contributed by atoms with Crippen molar-refractivity contribution in [3.05, 3.63) is 96.1 Å². The molecule has 0 aliphatic heterocycles. The zero-order valence-corrected chi connectivity index (χ0v) is 16.9. The van der Waals surface area contributed by atoms with Crippen molar-refractivity contribution in [1.29, 1.82) is 0 Å². The van der Waals surface area contributed by atoms with E-state index in [1.54, 1.807) is 36.4 Å². The molecule has 0 atom stereocenters. The van der Waals surface area contributed by atoms with Gasteiger partial charge in [-0.1, -0.05) is 42.5 Å². The van der Waals surface area contributed by atoms with E-state index in [-0.39, 0.29) is 22.1 Å². The first kappa shape index (κ1) is 20.3. The number of aromatic nitrogens is 1. The first-order chi connectivity index (χ1) is 14.9. The summed E-state index contributed by atoms with van der Waals surface area (Å²) < 4.78 is 30.2. The Bertz CT molecular complexity index is 1360. The largest absolute Gasteiger partial charge is 0.455 e. The molecule has 2 heterocycles. The zero-order chi connectivity index (χ0) is 21.8. The van der Waals surface area contributed by atoms with Gasteiger partial charge in [0.25, 0.3) is 5.91 Å². The van der Waals surface area contributed by atoms with Crippen LogP contribution in [0.3, 0.4) is 0 Å². The van der Waals surface area contributed by atoms with Crippen molar-refractivity contribution < 1.29 is 22.4 Å². The monoisotopic (exact) mass is 435 g/mol. The Morgan fingerprint density at radius 1 is 0.806 bits per heavy atom. The summed E-state index contributed by atoms with van der Waals surface area (Å²) in [6.45, 7) is 0. The average Bonchev–Trinajstić information content (AvgIpc) is 3.25. The lowest BCUT2D eigenvalue weighted by molar-refractivity contribution is 0.0828. The molecule has 0 radical (unpaired) electrons. The molecule has 0 bridgehead atoms. The molecule has 0 unspecified atom stereocenters. The van der Waals surface area contributed by atoms with Crippen LogP contribution in [0.15, 0.2) is 88.2 Å². The molecule has 0 fully saturated rings. The molecule has 8 nitrogen and oxygen atoms in total. The van der Waals surface area contributed by atoms with Crippen molar-refractivity contribution in [2.75, 3.05) is 0 Å². The number of hydrazine groups is 1. The van der Waals surface area contributed by atoms with Crippen LogP contribution in [0, 0.1) is 0 Å². The highest BCUT2D eigenvalue weighted by molar-refractivity contribution is 7.90. The lowest BCUT2D eigenvalue weighted by Gasteiger charge is -2.06. The SMILES string of the molecule is O=C(NNC(=O)c1ccc(CS(=O)(=O)c2ccccc2)o1)c1ccc2ccccc2n1. The van der Waals surface area contributed by atoms with Gasteiger partial charge in [-0.05, 0) is 36.4 Å². The van der Waals surface area contributed by atoms with Gasteiger partial charge in [0.2, 0.25) is 0 Å². The van der Waals surface area contributed by atoms with Crippen LogP contribution in [0.1, 0.15) is 26.8 Å². The molecule has 4 rings (SSSR count). The lowest BCUT2D eigenvalue weighted by Crippen LogP contribution is -2.41. The molecule has 9 heteroatoms. The number of hydrogen-bond donors (Lipinski definition) is 2. The second kappa shape index (κ2) is 8.41. The van der Waals surface area contributed by atoms with Gasteiger partial charge in [0.05, 0.1) is 10.4 Å². The van der Waals surface area contributed by atoms with Gasteiger partial charge < -0.3 is 4.42 Å². The summed E-state index contributed by atoms with van der Waals surface area (Å²) in [5, 5.41) is 0.886. The molecule has 0 aliphatic carbocycles. The number of sulfone groups is 1. The van der Waals surface area contributed by atoms with Crippen LogP contribution in [0.25, 0.3) is 10.9 Å². The molecule has 0 saturated carbocycles. The summed E-state index contributed by atoms with van der Waals surface area (Å²) in [7, 11) is -3.61. The number of para-hydroxylation sites is 1. The van der Waals surface area contributed by atoms with Gasteiger partial charge in [-0.3, -0.25) is 20.4 Å². The summed E-state index contributed by atoms with van der Waals surface area (Å²) in [6.07, 6.45) is 0. The number of hydrogen-bond acceptors (Lipinski definition) is 6. The number of pyridine rings is 1. The Labute approximate surface area is 177 Å². The van der Waals surface area contributed by atoms with Crippen LogP contribution >= 0.6 is 0 Å². The highest BCUT2D eigenvalue weighted by Gasteiger charge is 2.19. The molecule has 2 aromatic heterocycles. The maximum Gasteiger partial charge on any atom is 0.305 e. The Kier molecular flexibility index (Phi) is 5.50. The Hall–Kier alpha value is -3.98. The summed E-state index contributed by atoms with van der Waals surface area (Å²) in [5.74, 6) is -1.74. The van der Waals surface area contributed by atoms with Crippen LogP contribution in [0.5, 0.6) is 0 Å². The summed E-state index contributed by atoms with van der Waals surface area (Å²) >= 11 is 0. The molecular formula is C22H17N3O5S. The normalized spacial score (nSPS) is 11.2. The van der Waals surface area contributed by atoms with Crippen LogP contribution in [-0.4, -0.2) is 25.2 Å². The van der Waals surface area contributed by atoms with E-state index >= 15 is 0 Å². The molecule has 0 aliphatic rings. The quantitative estimate of drug-likeness (QED) is 0.466. The van der Waals surface area contributed by atoms with Crippen molar-refractivity contribution in [3.63, 3.8) is 0 Å². The molecule has 2 aromatic carbocycles. The number of fused-ring (bicyclic) bond motifs is 1. The second-order valence-corrected chi connectivity index (χ2v) is 8.63. The molecule has 2 amide bonds. The standard InChI is InChI=1S/C22H17N3O5S/c26-21(19-12-10-15-6-4-5-9-18(15)23-19)24-25-22(27)20-13-11-16(30-20)14-31(28,29)17-7-2-1-3-8-17/h1-13H,14H2,(H,24,26)(H,25,27). The number of nitrogens with zero attached hydrogens (tertiary/aromatic N) is 1. The predicted octanol–water partition coefficient (Wildman–Crippen LogP) is 2.88. The first-order valence-corrected chi connectivity index (χ1v) is 10.9. The van der Waals surface area contributed by atoms with Crippen molar-refractivity contribution in [1.82, 2.24) is 15.8 Å². The van der Waals surface area contributed by atoms with E-state index in [2.05, 4.69) is 15.8 Å². The number of rotatable bonds is 5. The van der Waals surface area contributed by atoms with Crippen molar-refractivity contribution in [2.45, 2.75) is 10.6 Å². The Morgan fingerprint density at radius 3 is 2.32 bits per heavy atom. The molecule has 2 N–H and O–H groups in total. The fourth-order valence-electron chi connectivity index (χ4n) is 2.91. The highest BCUT2D eigenvalue weighted by atomic mass is 32.2. The Balaban J connectivity index is 1.39. The summed E-state index contributed by atoms with van der Waals surface area (Å²) in [4.78, 5) is 28.9. The van der Waals surface area contributed by atoms with Crippen molar-refractivity contribution in [3.8, 4) is 0 Å². The van der Waals surface area contributed by atoms with E-state index < -0.39 is 27.4 Å². The molecule has 31 heavy (non-hydrogen) atoms. The second-order valence-electron chi connectivity index (χ2n) is 6.64. The Morgan fingerprint density at radius 2 is 1.52 bits per heavy atom. The molecule has 4 aromatic rings. The number of carbonyl (C=O) groups excluding carboxylic acids is 2. The topological polar surface area (TPSA) is 118 Å². The average molecular weight is 435 g/mol. The third-order valence-corrected chi connectivity index (χ3v) is 6.10. The number of nitrogens with one attached hydrogen (secondary N) is 2. The van der Waals surface area contributed by atoms with Crippen LogP contribution in [0.4, 0.5) is 0 Å². The zero-order valence-electron chi connectivity index (χ0n) is 16.1. The number of furan rings is 1. The minimum Gasteiger partial charge on any atom is -0.455 e. The third kappa shape index (κ3) is 4.62. The van der Waals surface area contributed by atoms with E-state index in [1.807, 2.05) is 18.2 Å². The fraction of sp³-hybridized carbons (Fsp3) is 0.0455. The predicted molar refractivity (Wildman–Crippen MR) is 113 cm³/mol. The van der Waals surface area contributed by atoms with E-state index in [9.17, 15) is 18.0 Å². The molecule has 156 valence electrons. The van der Waals surface area contributed by atoms with Gasteiger partial charge in [-0.15, -0.1) is 0 Å². The smallest absolute Gasteiger partial charge is 0.305 e. The van der Waals surface area contributed by atoms with E-state index in [0.29, 0.717) is 5.52 Å². The van der Waals surface area contributed by atoms with Crippen LogP contribution < -0.4 is 10.9 Å². The minimum absolute atomic E-state index is 0.108. The van der Waals surface area contributed by atoms with Gasteiger partial charge in [-0.25, -0.2) is 13.4 Å². The molecular weight excluding hydrogens is 418 g/mol. The number of benzene rings is 2. The van der Waals surface area contributed by atoms with E-state index in [4.69, 9.17) is 4.42 Å². The maximum atomic E-state index is 12.4. The van der Waals surface area contributed by atoms with Crippen molar-refractivity contribution >= 4 is 32.6 Å². The number of carbonyl (C=O) groups is 2. The van der Waals surface area contributed by atoms with Gasteiger partial charge in [0.1, 0.15) is 17.2 Å². The van der Waals surface area contributed by atoms with E-state index in [0.717, 1.165) is 5.39 Å². The van der Waals surface area contributed by atoms with Gasteiger partial charge in [-0.2, -0.15) is 0 Å². The third-order valence-electron chi connectivity index (χ3n) is 4.44. The van der Waals surface area contributed by atoms with Crippen LogP contribution in [-0.2, 0) is 15.6 Å². The van der Waals surface area contributed by atoms with Gasteiger partial charge in [0.15, 0.2) is 15.6 Å². The van der Waals surface area contributed by atoms with Crippen LogP contribution in [0.2, 0.25) is 0 Å². The van der Waals surface area contributed by atoms with Crippen molar-refractivity contribution in [2.24, 2.45) is 0 Å². The molecule has 0 saturated heterocycles. The summed E-state index contributed by atoms with van der Waals surface area (Å²) in [5.41, 5.74) is 5.28.